The molecule has 0 bridgehead atoms. The largest absolute Gasteiger partial charge is 0.477 e. The molecular weight excluding hydrogens is 296 g/mol. The maximum absolute atomic E-state index is 12.0. The summed E-state index contributed by atoms with van der Waals surface area (Å²) in [6.45, 7) is 4.49. The zero-order valence-electron chi connectivity index (χ0n) is 13.5. The zero-order valence-corrected chi connectivity index (χ0v) is 13.5. The first-order chi connectivity index (χ1) is 10.9. The van der Waals surface area contributed by atoms with Crippen molar-refractivity contribution in [1.29, 1.82) is 0 Å². The molecule has 0 saturated heterocycles. The smallest absolute Gasteiger partial charge is 0.354 e. The summed E-state index contributed by atoms with van der Waals surface area (Å²) < 4.78 is 1.85. The van der Waals surface area contributed by atoms with Gasteiger partial charge in [-0.2, -0.15) is 5.10 Å². The molecule has 23 heavy (non-hydrogen) atoms. The lowest BCUT2D eigenvalue weighted by molar-refractivity contribution is 0.0690. The van der Waals surface area contributed by atoms with Crippen molar-refractivity contribution in [3.05, 3.63) is 46.5 Å². The van der Waals surface area contributed by atoms with E-state index in [0.717, 1.165) is 24.2 Å². The van der Waals surface area contributed by atoms with Gasteiger partial charge in [0.2, 0.25) is 0 Å². The average Bonchev–Trinajstić information content (AvgIpc) is 2.77. The van der Waals surface area contributed by atoms with Crippen molar-refractivity contribution in [3.63, 3.8) is 0 Å². The monoisotopic (exact) mass is 316 g/mol. The quantitative estimate of drug-likeness (QED) is 0.787. The molecule has 7 heteroatoms. The second-order valence-corrected chi connectivity index (χ2v) is 5.35. The molecule has 0 fully saturated rings. The van der Waals surface area contributed by atoms with E-state index < -0.39 is 5.97 Å². The predicted octanol–water partition coefficient (Wildman–Crippen LogP) is 1.49. The lowest BCUT2D eigenvalue weighted by Crippen LogP contribution is -2.26. The number of pyridine rings is 1. The summed E-state index contributed by atoms with van der Waals surface area (Å²) >= 11 is 0. The van der Waals surface area contributed by atoms with E-state index in [4.69, 9.17) is 5.11 Å². The Morgan fingerprint density at radius 1 is 1.26 bits per heavy atom. The molecule has 2 aromatic heterocycles. The standard InChI is InChI=1S/C16H20N4O3/c1-10-12(11(2)20(3)19-10)6-5-9-17-15(21)13-7-4-8-14(18-13)16(22)23/h4,7-8H,5-6,9H2,1-3H3,(H,17,21)(H,22,23). The van der Waals surface area contributed by atoms with Crippen LogP contribution in [-0.2, 0) is 13.5 Å². The van der Waals surface area contributed by atoms with Crippen LogP contribution in [0.25, 0.3) is 0 Å². The number of hydrogen-bond donors (Lipinski definition) is 2. The van der Waals surface area contributed by atoms with Gasteiger partial charge in [-0.05, 0) is 44.4 Å². The van der Waals surface area contributed by atoms with Crippen LogP contribution in [0.4, 0.5) is 0 Å². The van der Waals surface area contributed by atoms with Crippen molar-refractivity contribution < 1.29 is 14.7 Å². The van der Waals surface area contributed by atoms with Crippen LogP contribution in [-0.4, -0.2) is 38.3 Å². The fourth-order valence-electron chi connectivity index (χ4n) is 2.42. The first-order valence-electron chi connectivity index (χ1n) is 7.37. The Kier molecular flexibility index (Phi) is 5.10. The highest BCUT2D eigenvalue weighted by Gasteiger charge is 2.12. The van der Waals surface area contributed by atoms with Crippen molar-refractivity contribution in [2.75, 3.05) is 6.54 Å². The van der Waals surface area contributed by atoms with E-state index in [1.807, 2.05) is 25.6 Å². The fraction of sp³-hybridized carbons (Fsp3) is 0.375. The molecule has 2 rings (SSSR count). The van der Waals surface area contributed by atoms with Gasteiger partial charge < -0.3 is 10.4 Å². The van der Waals surface area contributed by atoms with Gasteiger partial charge in [-0.15, -0.1) is 0 Å². The second kappa shape index (κ2) is 7.04. The molecular formula is C16H20N4O3. The molecule has 2 N–H and O–H groups in total. The van der Waals surface area contributed by atoms with E-state index in [0.29, 0.717) is 6.54 Å². The summed E-state index contributed by atoms with van der Waals surface area (Å²) in [6.07, 6.45) is 1.60. The number of carbonyl (C=O) groups excluding carboxylic acids is 1. The number of amides is 1. The van der Waals surface area contributed by atoms with E-state index in [9.17, 15) is 9.59 Å². The molecule has 0 atom stereocenters. The maximum atomic E-state index is 12.0. The maximum Gasteiger partial charge on any atom is 0.354 e. The van der Waals surface area contributed by atoms with E-state index in [1.165, 1.54) is 23.8 Å². The first kappa shape index (κ1) is 16.7. The van der Waals surface area contributed by atoms with Crippen molar-refractivity contribution >= 4 is 11.9 Å². The molecule has 0 unspecified atom stereocenters. The SMILES string of the molecule is Cc1nn(C)c(C)c1CCCNC(=O)c1cccc(C(=O)O)n1. The summed E-state index contributed by atoms with van der Waals surface area (Å²) in [5.74, 6) is -1.52. The number of hydrogen-bond acceptors (Lipinski definition) is 4. The molecule has 0 saturated carbocycles. The first-order valence-corrected chi connectivity index (χ1v) is 7.37. The van der Waals surface area contributed by atoms with Crippen LogP contribution in [0, 0.1) is 13.8 Å². The Hall–Kier alpha value is -2.70. The molecule has 0 aromatic carbocycles. The molecule has 0 radical (unpaired) electrons. The van der Waals surface area contributed by atoms with Crippen LogP contribution in [0.2, 0.25) is 0 Å². The van der Waals surface area contributed by atoms with Crippen molar-refractivity contribution in [2.24, 2.45) is 7.05 Å². The highest BCUT2D eigenvalue weighted by Crippen LogP contribution is 2.13. The van der Waals surface area contributed by atoms with Gasteiger partial charge in [-0.3, -0.25) is 9.48 Å². The van der Waals surface area contributed by atoms with Crippen LogP contribution in [0.5, 0.6) is 0 Å². The summed E-state index contributed by atoms with van der Waals surface area (Å²) in [5, 5.41) is 16.0. The van der Waals surface area contributed by atoms with Crippen LogP contribution in [0.3, 0.4) is 0 Å². The van der Waals surface area contributed by atoms with Crippen LogP contribution in [0.15, 0.2) is 18.2 Å². The molecule has 0 aliphatic carbocycles. The Morgan fingerprint density at radius 2 is 1.96 bits per heavy atom. The van der Waals surface area contributed by atoms with Gasteiger partial charge in [0.15, 0.2) is 0 Å². The summed E-state index contributed by atoms with van der Waals surface area (Å²) in [5.41, 5.74) is 3.31. The lowest BCUT2D eigenvalue weighted by atomic mass is 10.1. The van der Waals surface area contributed by atoms with E-state index in [1.54, 1.807) is 0 Å². The normalized spacial score (nSPS) is 10.6. The predicted molar refractivity (Wildman–Crippen MR) is 84.5 cm³/mol. The van der Waals surface area contributed by atoms with Crippen LogP contribution in [0.1, 0.15) is 44.3 Å². The van der Waals surface area contributed by atoms with Crippen molar-refractivity contribution in [2.45, 2.75) is 26.7 Å². The number of aromatic nitrogens is 3. The van der Waals surface area contributed by atoms with Gasteiger partial charge in [0.25, 0.3) is 5.91 Å². The number of aromatic carboxylic acids is 1. The number of aryl methyl sites for hydroxylation is 2. The third kappa shape index (κ3) is 3.94. The van der Waals surface area contributed by atoms with E-state index in [2.05, 4.69) is 15.4 Å². The molecule has 0 aliphatic heterocycles. The number of carbonyl (C=O) groups is 2. The number of carboxylic acids is 1. The molecule has 122 valence electrons. The second-order valence-electron chi connectivity index (χ2n) is 5.35. The topological polar surface area (TPSA) is 97.1 Å². The van der Waals surface area contributed by atoms with Gasteiger partial charge in [0, 0.05) is 19.3 Å². The summed E-state index contributed by atoms with van der Waals surface area (Å²) in [7, 11) is 1.91. The third-order valence-electron chi connectivity index (χ3n) is 3.75. The van der Waals surface area contributed by atoms with Gasteiger partial charge >= 0.3 is 5.97 Å². The number of rotatable bonds is 6. The Balaban J connectivity index is 1.88. The average molecular weight is 316 g/mol. The fourth-order valence-corrected chi connectivity index (χ4v) is 2.42. The Bertz CT molecular complexity index is 737. The molecule has 1 amide bonds. The Morgan fingerprint density at radius 3 is 2.57 bits per heavy atom. The minimum absolute atomic E-state index is 0.110. The minimum atomic E-state index is -1.15. The van der Waals surface area contributed by atoms with E-state index >= 15 is 0 Å². The van der Waals surface area contributed by atoms with Crippen molar-refractivity contribution in [3.8, 4) is 0 Å². The molecule has 7 nitrogen and oxygen atoms in total. The van der Waals surface area contributed by atoms with Gasteiger partial charge in [-0.25, -0.2) is 9.78 Å². The van der Waals surface area contributed by atoms with Gasteiger partial charge in [0.05, 0.1) is 5.69 Å². The number of nitrogens with one attached hydrogen (secondary N) is 1. The van der Waals surface area contributed by atoms with Crippen LogP contribution < -0.4 is 5.32 Å². The molecule has 0 spiro atoms. The lowest BCUT2D eigenvalue weighted by Gasteiger charge is -2.06. The highest BCUT2D eigenvalue weighted by atomic mass is 16.4. The van der Waals surface area contributed by atoms with Crippen LogP contribution >= 0.6 is 0 Å². The summed E-state index contributed by atoms with van der Waals surface area (Å²) in [4.78, 5) is 26.7. The third-order valence-corrected chi connectivity index (χ3v) is 3.75. The molecule has 2 aromatic rings. The van der Waals surface area contributed by atoms with Gasteiger partial charge in [0.1, 0.15) is 11.4 Å². The molecule has 0 aliphatic rings. The number of carboxylic acid groups (broad SMARTS) is 1. The zero-order chi connectivity index (χ0) is 17.0. The highest BCUT2D eigenvalue weighted by molar-refractivity contribution is 5.94. The number of nitrogens with zero attached hydrogens (tertiary/aromatic N) is 3. The molecule has 2 heterocycles. The minimum Gasteiger partial charge on any atom is -0.477 e. The van der Waals surface area contributed by atoms with Gasteiger partial charge in [-0.1, -0.05) is 6.07 Å². The van der Waals surface area contributed by atoms with E-state index in [-0.39, 0.29) is 17.3 Å². The Labute approximate surface area is 134 Å². The summed E-state index contributed by atoms with van der Waals surface area (Å²) in [6, 6.07) is 4.36. The van der Waals surface area contributed by atoms with Crippen molar-refractivity contribution in [1.82, 2.24) is 20.1 Å².